The minimum absolute atomic E-state index is 0.0430. The lowest BCUT2D eigenvalue weighted by Crippen LogP contribution is -2.40. The van der Waals surface area contributed by atoms with E-state index in [4.69, 9.17) is 5.73 Å². The van der Waals surface area contributed by atoms with E-state index in [1.807, 2.05) is 0 Å². The molecule has 1 fully saturated rings. The monoisotopic (exact) mass is 330 g/mol. The van der Waals surface area contributed by atoms with Crippen LogP contribution >= 0.6 is 0 Å². The van der Waals surface area contributed by atoms with Crippen LogP contribution in [0.25, 0.3) is 0 Å². The van der Waals surface area contributed by atoms with Crippen LogP contribution in [-0.2, 0) is 7.05 Å². The van der Waals surface area contributed by atoms with Gasteiger partial charge in [-0.05, 0) is 25.0 Å². The number of ketones is 1. The first-order valence-corrected chi connectivity index (χ1v) is 7.84. The number of nitrogens with zero attached hydrogens (tertiary/aromatic N) is 3. The van der Waals surface area contributed by atoms with E-state index >= 15 is 0 Å². The lowest BCUT2D eigenvalue weighted by atomic mass is 9.89. The van der Waals surface area contributed by atoms with Crippen molar-refractivity contribution in [3.05, 3.63) is 47.4 Å². The number of nitrogens with two attached hydrogens (primary N) is 1. The highest BCUT2D eigenvalue weighted by Gasteiger charge is 2.30. The Morgan fingerprint density at radius 2 is 1.88 bits per heavy atom. The summed E-state index contributed by atoms with van der Waals surface area (Å²) in [5.41, 5.74) is 6.25. The van der Waals surface area contributed by atoms with Crippen molar-refractivity contribution in [3.63, 3.8) is 0 Å². The number of rotatable bonds is 3. The zero-order chi connectivity index (χ0) is 17.3. The maximum Gasteiger partial charge on any atom is 0.256 e. The number of halogens is 1. The van der Waals surface area contributed by atoms with Gasteiger partial charge in [-0.1, -0.05) is 12.1 Å². The molecule has 2 heterocycles. The first-order chi connectivity index (χ1) is 11.5. The molecule has 2 aromatic rings. The molecule has 1 aliphatic heterocycles. The summed E-state index contributed by atoms with van der Waals surface area (Å²) in [7, 11) is 1.71. The third-order valence-corrected chi connectivity index (χ3v) is 4.38. The number of benzene rings is 1. The molecule has 2 N–H and O–H groups in total. The van der Waals surface area contributed by atoms with Crippen molar-refractivity contribution in [1.82, 2.24) is 14.7 Å². The van der Waals surface area contributed by atoms with E-state index in [-0.39, 0.29) is 29.0 Å². The van der Waals surface area contributed by atoms with E-state index in [2.05, 4.69) is 5.10 Å². The quantitative estimate of drug-likeness (QED) is 0.871. The van der Waals surface area contributed by atoms with Gasteiger partial charge in [0.15, 0.2) is 11.6 Å². The average molecular weight is 330 g/mol. The van der Waals surface area contributed by atoms with Crippen LogP contribution in [0.1, 0.15) is 33.6 Å². The van der Waals surface area contributed by atoms with Gasteiger partial charge in [0.05, 0.1) is 11.1 Å². The van der Waals surface area contributed by atoms with Crippen LogP contribution in [0.2, 0.25) is 0 Å². The van der Waals surface area contributed by atoms with Crippen LogP contribution in [0.5, 0.6) is 0 Å². The molecule has 1 aromatic heterocycles. The maximum absolute atomic E-state index is 13.7. The number of anilines is 1. The number of hydrogen-bond donors (Lipinski definition) is 1. The van der Waals surface area contributed by atoms with Gasteiger partial charge in [0.1, 0.15) is 5.82 Å². The van der Waals surface area contributed by atoms with Crippen LogP contribution in [0.4, 0.5) is 10.2 Å². The normalized spacial score (nSPS) is 15.5. The predicted molar refractivity (Wildman–Crippen MR) is 87.0 cm³/mol. The van der Waals surface area contributed by atoms with E-state index in [9.17, 15) is 14.0 Å². The number of hydrogen-bond acceptors (Lipinski definition) is 4. The minimum Gasteiger partial charge on any atom is -0.382 e. The molecule has 1 saturated heterocycles. The van der Waals surface area contributed by atoms with Gasteiger partial charge in [0.2, 0.25) is 0 Å². The molecule has 0 bridgehead atoms. The van der Waals surface area contributed by atoms with Crippen molar-refractivity contribution < 1.29 is 14.0 Å². The average Bonchev–Trinajstić information content (AvgIpc) is 2.92. The Labute approximate surface area is 139 Å². The summed E-state index contributed by atoms with van der Waals surface area (Å²) >= 11 is 0. The zero-order valence-corrected chi connectivity index (χ0v) is 13.4. The Balaban J connectivity index is 1.66. The smallest absolute Gasteiger partial charge is 0.256 e. The highest BCUT2D eigenvalue weighted by atomic mass is 19.1. The van der Waals surface area contributed by atoms with Crippen LogP contribution in [0, 0.1) is 11.7 Å². The van der Waals surface area contributed by atoms with Gasteiger partial charge in [-0.2, -0.15) is 5.10 Å². The van der Waals surface area contributed by atoms with Gasteiger partial charge in [0.25, 0.3) is 5.91 Å². The topological polar surface area (TPSA) is 81.2 Å². The summed E-state index contributed by atoms with van der Waals surface area (Å²) in [4.78, 5) is 26.5. The van der Waals surface area contributed by atoms with Crippen LogP contribution < -0.4 is 5.73 Å². The fourth-order valence-corrected chi connectivity index (χ4v) is 3.07. The van der Waals surface area contributed by atoms with Crippen molar-refractivity contribution in [3.8, 4) is 0 Å². The molecular formula is C17H19FN4O2. The largest absolute Gasteiger partial charge is 0.382 e. The molecule has 1 aliphatic rings. The zero-order valence-electron chi connectivity index (χ0n) is 13.4. The van der Waals surface area contributed by atoms with Gasteiger partial charge in [-0.15, -0.1) is 0 Å². The van der Waals surface area contributed by atoms with E-state index in [0.29, 0.717) is 31.5 Å². The van der Waals surface area contributed by atoms with Crippen LogP contribution in [0.15, 0.2) is 30.5 Å². The van der Waals surface area contributed by atoms with E-state index in [1.54, 1.807) is 30.3 Å². The number of piperidine rings is 1. The highest BCUT2D eigenvalue weighted by molar-refractivity contribution is 6.01. The van der Waals surface area contributed by atoms with E-state index in [1.165, 1.54) is 16.8 Å². The Morgan fingerprint density at radius 3 is 2.46 bits per heavy atom. The number of carbonyl (C=O) groups is 2. The Hall–Kier alpha value is -2.70. The summed E-state index contributed by atoms with van der Waals surface area (Å²) < 4.78 is 15.3. The van der Waals surface area contributed by atoms with Crippen LogP contribution in [-0.4, -0.2) is 39.5 Å². The standard InChI is InChI=1S/C17H19FN4O2/c1-21-10-13(16(19)20-21)15(23)11-6-8-22(9-7-11)17(24)12-4-2-3-5-14(12)18/h2-5,10-11H,6-9H2,1H3,(H2,19,20). The molecule has 3 rings (SSSR count). The molecule has 1 aromatic carbocycles. The third-order valence-electron chi connectivity index (χ3n) is 4.38. The highest BCUT2D eigenvalue weighted by Crippen LogP contribution is 2.25. The number of nitrogen functional groups attached to an aromatic ring is 1. The second-order valence-electron chi connectivity index (χ2n) is 6.01. The number of Topliss-reactive ketones (excluding diaryl/α,β-unsaturated/α-hetero) is 1. The minimum atomic E-state index is -0.524. The summed E-state index contributed by atoms with van der Waals surface area (Å²) in [6, 6.07) is 5.94. The van der Waals surface area contributed by atoms with Crippen molar-refractivity contribution in [2.24, 2.45) is 13.0 Å². The summed E-state index contributed by atoms with van der Waals surface area (Å²) in [6.45, 7) is 0.841. The van der Waals surface area contributed by atoms with Gasteiger partial charge in [-0.25, -0.2) is 4.39 Å². The van der Waals surface area contributed by atoms with Gasteiger partial charge < -0.3 is 10.6 Å². The van der Waals surface area contributed by atoms with Crippen molar-refractivity contribution in [2.45, 2.75) is 12.8 Å². The molecule has 1 amide bonds. The SMILES string of the molecule is Cn1cc(C(=O)C2CCN(C(=O)c3ccccc3F)CC2)c(N)n1. The molecule has 0 atom stereocenters. The summed E-state index contributed by atoms with van der Waals surface area (Å²) in [5, 5.41) is 3.99. The lowest BCUT2D eigenvalue weighted by Gasteiger charge is -2.31. The fourth-order valence-electron chi connectivity index (χ4n) is 3.07. The number of aryl methyl sites for hydroxylation is 1. The number of amides is 1. The molecule has 7 heteroatoms. The van der Waals surface area contributed by atoms with Gasteiger partial charge in [0, 0.05) is 32.3 Å². The van der Waals surface area contributed by atoms with Crippen molar-refractivity contribution in [1.29, 1.82) is 0 Å². The predicted octanol–water partition coefficient (Wildman–Crippen LogP) is 1.88. The number of carbonyl (C=O) groups excluding carboxylic acids is 2. The molecule has 6 nitrogen and oxygen atoms in total. The second-order valence-corrected chi connectivity index (χ2v) is 6.01. The second kappa shape index (κ2) is 6.43. The number of aromatic nitrogens is 2. The first-order valence-electron chi connectivity index (χ1n) is 7.84. The lowest BCUT2D eigenvalue weighted by molar-refractivity contribution is 0.0646. The first kappa shape index (κ1) is 16.2. The maximum atomic E-state index is 13.7. The Kier molecular flexibility index (Phi) is 4.33. The third kappa shape index (κ3) is 3.02. The summed E-state index contributed by atoms with van der Waals surface area (Å²) in [5.74, 6) is -0.865. The van der Waals surface area contributed by atoms with E-state index in [0.717, 1.165) is 0 Å². The van der Waals surface area contributed by atoms with Crippen molar-refractivity contribution in [2.75, 3.05) is 18.8 Å². The van der Waals surface area contributed by atoms with E-state index < -0.39 is 5.82 Å². The van der Waals surface area contributed by atoms with Crippen LogP contribution in [0.3, 0.4) is 0 Å². The fraction of sp³-hybridized carbons (Fsp3) is 0.353. The summed E-state index contributed by atoms with van der Waals surface area (Å²) in [6.07, 6.45) is 2.69. The Bertz CT molecular complexity index is 779. The molecule has 126 valence electrons. The number of likely N-dealkylation sites (tertiary alicyclic amines) is 1. The van der Waals surface area contributed by atoms with Gasteiger partial charge >= 0.3 is 0 Å². The van der Waals surface area contributed by atoms with Gasteiger partial charge in [-0.3, -0.25) is 14.3 Å². The van der Waals surface area contributed by atoms with Crippen molar-refractivity contribution >= 4 is 17.5 Å². The molecular weight excluding hydrogens is 311 g/mol. The molecule has 24 heavy (non-hydrogen) atoms. The molecule has 0 saturated carbocycles. The molecule has 0 radical (unpaired) electrons. The Morgan fingerprint density at radius 1 is 1.21 bits per heavy atom. The molecule has 0 unspecified atom stereocenters. The molecule has 0 aliphatic carbocycles. The molecule has 0 spiro atoms.